The molecule has 0 aromatic heterocycles. The maximum atomic E-state index is 12.4. The lowest BCUT2D eigenvalue weighted by atomic mass is 9.91. The number of rotatable bonds is 3. The summed E-state index contributed by atoms with van der Waals surface area (Å²) in [6.07, 6.45) is 2.00. The van der Waals surface area contributed by atoms with Crippen molar-refractivity contribution in [1.82, 2.24) is 21.3 Å². The van der Waals surface area contributed by atoms with Gasteiger partial charge in [0.2, 0.25) is 0 Å². The molecule has 0 spiro atoms. The highest BCUT2D eigenvalue weighted by Crippen LogP contribution is 2.24. The molecule has 0 saturated carbocycles. The second-order valence-electron chi connectivity index (χ2n) is 6.58. The average Bonchev–Trinajstić information content (AvgIpc) is 2.83. The van der Waals surface area contributed by atoms with Gasteiger partial charge in [-0.15, -0.1) is 0 Å². The van der Waals surface area contributed by atoms with Crippen LogP contribution >= 0.6 is 0 Å². The molecule has 2 heterocycles. The van der Waals surface area contributed by atoms with E-state index in [2.05, 4.69) is 28.2 Å². The van der Waals surface area contributed by atoms with E-state index in [1.807, 2.05) is 0 Å². The van der Waals surface area contributed by atoms with Gasteiger partial charge in [0.05, 0.1) is 0 Å². The monoisotopic (exact) mass is 330 g/mol. The smallest absolute Gasteiger partial charge is 0.322 e. The third-order valence-corrected chi connectivity index (χ3v) is 4.85. The molecule has 1 aromatic rings. The molecule has 3 rings (SSSR count). The molecule has 2 aliphatic heterocycles. The Labute approximate surface area is 140 Å². The molecule has 0 aliphatic carbocycles. The maximum absolute atomic E-state index is 12.4. The Kier molecular flexibility index (Phi) is 4.28. The quantitative estimate of drug-likeness (QED) is 0.610. The van der Waals surface area contributed by atoms with Gasteiger partial charge in [0.25, 0.3) is 11.8 Å². The lowest BCUT2D eigenvalue weighted by Crippen LogP contribution is -2.51. The molecule has 128 valence electrons. The predicted octanol–water partition coefficient (Wildman–Crippen LogP) is 0.612. The summed E-state index contributed by atoms with van der Waals surface area (Å²) in [5.74, 6) is -0.529. The van der Waals surface area contributed by atoms with Crippen LogP contribution in [0.25, 0.3) is 0 Å². The summed E-state index contributed by atoms with van der Waals surface area (Å²) in [4.78, 5) is 35.7. The maximum Gasteiger partial charge on any atom is 0.322 e. The van der Waals surface area contributed by atoms with Gasteiger partial charge in [-0.2, -0.15) is 0 Å². The molecule has 2 fully saturated rings. The van der Waals surface area contributed by atoms with Crippen LogP contribution in [0, 0.1) is 0 Å². The van der Waals surface area contributed by atoms with Gasteiger partial charge in [-0.1, -0.05) is 12.1 Å². The number of piperidine rings is 1. The molecular weight excluding hydrogens is 308 g/mol. The highest BCUT2D eigenvalue weighted by molar-refractivity contribution is 6.07. The first-order chi connectivity index (χ1) is 11.4. The number of imide groups is 1. The van der Waals surface area contributed by atoms with Crippen molar-refractivity contribution in [3.63, 3.8) is 0 Å². The van der Waals surface area contributed by atoms with Crippen molar-refractivity contribution in [2.75, 3.05) is 6.54 Å². The van der Waals surface area contributed by atoms with Crippen molar-refractivity contribution in [3.8, 4) is 0 Å². The number of urea groups is 1. The topological polar surface area (TPSA) is 99.3 Å². The summed E-state index contributed by atoms with van der Waals surface area (Å²) in [5, 5.41) is 11.2. The lowest BCUT2D eigenvalue weighted by molar-refractivity contribution is -0.123. The second-order valence-corrected chi connectivity index (χ2v) is 6.58. The van der Waals surface area contributed by atoms with E-state index in [4.69, 9.17) is 0 Å². The van der Waals surface area contributed by atoms with E-state index in [1.54, 1.807) is 31.2 Å². The molecule has 0 radical (unpaired) electrons. The Morgan fingerprint density at radius 1 is 1.25 bits per heavy atom. The Morgan fingerprint density at radius 3 is 2.54 bits per heavy atom. The number of nitrogens with one attached hydrogen (secondary N) is 4. The van der Waals surface area contributed by atoms with E-state index in [0.717, 1.165) is 19.4 Å². The predicted molar refractivity (Wildman–Crippen MR) is 88.4 cm³/mol. The zero-order valence-electron chi connectivity index (χ0n) is 13.8. The van der Waals surface area contributed by atoms with Crippen LogP contribution in [0.4, 0.5) is 4.79 Å². The van der Waals surface area contributed by atoms with Crippen LogP contribution in [0.15, 0.2) is 24.3 Å². The molecular formula is C17H22N4O3. The number of hydrogen-bond donors (Lipinski definition) is 4. The van der Waals surface area contributed by atoms with E-state index in [0.29, 0.717) is 11.1 Å². The summed E-state index contributed by atoms with van der Waals surface area (Å²) in [7, 11) is 0. The number of amides is 4. The number of hydrogen-bond acceptors (Lipinski definition) is 4. The fraction of sp³-hybridized carbons (Fsp3) is 0.471. The molecule has 1 aromatic carbocycles. The van der Waals surface area contributed by atoms with Crippen molar-refractivity contribution >= 4 is 17.8 Å². The Morgan fingerprint density at radius 2 is 1.96 bits per heavy atom. The van der Waals surface area contributed by atoms with E-state index in [9.17, 15) is 14.4 Å². The minimum atomic E-state index is -1.10. The fourth-order valence-corrected chi connectivity index (χ4v) is 3.19. The SMILES string of the molecule is CC1NCCCC1NC(=O)c1ccc(C2(C)NC(=O)NC2=O)cc1. The van der Waals surface area contributed by atoms with Crippen LogP contribution < -0.4 is 21.3 Å². The largest absolute Gasteiger partial charge is 0.348 e. The zero-order chi connectivity index (χ0) is 17.3. The standard InChI is InChI=1S/C17H22N4O3/c1-10-13(4-3-9-18-10)19-14(22)11-5-7-12(8-6-11)17(2)15(23)20-16(24)21-17/h5-8,10,13,18H,3-4,9H2,1-2H3,(H,19,22)(H2,20,21,23,24). The fourth-order valence-electron chi connectivity index (χ4n) is 3.19. The molecule has 3 atom stereocenters. The van der Waals surface area contributed by atoms with Gasteiger partial charge in [0.1, 0.15) is 5.54 Å². The third-order valence-electron chi connectivity index (χ3n) is 4.85. The highest BCUT2D eigenvalue weighted by atomic mass is 16.2. The normalized spacial score (nSPS) is 29.8. The first-order valence-corrected chi connectivity index (χ1v) is 8.18. The average molecular weight is 330 g/mol. The molecule has 0 bridgehead atoms. The minimum Gasteiger partial charge on any atom is -0.348 e. The van der Waals surface area contributed by atoms with E-state index in [1.165, 1.54) is 0 Å². The van der Waals surface area contributed by atoms with Crippen molar-refractivity contribution in [2.45, 2.75) is 44.3 Å². The second kappa shape index (κ2) is 6.24. The van der Waals surface area contributed by atoms with Gasteiger partial charge in [-0.25, -0.2) is 4.79 Å². The number of carbonyl (C=O) groups excluding carboxylic acids is 3. The lowest BCUT2D eigenvalue weighted by Gasteiger charge is -2.30. The van der Waals surface area contributed by atoms with Crippen molar-refractivity contribution in [3.05, 3.63) is 35.4 Å². The van der Waals surface area contributed by atoms with Gasteiger partial charge in [0.15, 0.2) is 0 Å². The molecule has 2 saturated heterocycles. The third kappa shape index (κ3) is 2.99. The Bertz CT molecular complexity index is 673. The van der Waals surface area contributed by atoms with Crippen molar-refractivity contribution < 1.29 is 14.4 Å². The summed E-state index contributed by atoms with van der Waals surface area (Å²) < 4.78 is 0. The van der Waals surface area contributed by atoms with E-state index >= 15 is 0 Å². The van der Waals surface area contributed by atoms with Gasteiger partial charge in [0, 0.05) is 17.6 Å². The molecule has 7 heteroatoms. The Hall–Kier alpha value is -2.41. The molecule has 24 heavy (non-hydrogen) atoms. The van der Waals surface area contributed by atoms with Crippen LogP contribution in [0.2, 0.25) is 0 Å². The summed E-state index contributed by atoms with van der Waals surface area (Å²) in [6, 6.07) is 6.60. The van der Waals surface area contributed by atoms with Crippen LogP contribution in [-0.4, -0.2) is 36.5 Å². The van der Waals surface area contributed by atoms with Gasteiger partial charge in [-0.3, -0.25) is 14.9 Å². The summed E-state index contributed by atoms with van der Waals surface area (Å²) in [6.45, 7) is 4.68. The molecule has 2 aliphatic rings. The first-order valence-electron chi connectivity index (χ1n) is 8.18. The summed E-state index contributed by atoms with van der Waals surface area (Å²) >= 11 is 0. The molecule has 7 nitrogen and oxygen atoms in total. The number of carbonyl (C=O) groups is 3. The molecule has 4 amide bonds. The van der Waals surface area contributed by atoms with Crippen LogP contribution in [0.1, 0.15) is 42.6 Å². The van der Waals surface area contributed by atoms with Crippen molar-refractivity contribution in [2.24, 2.45) is 0 Å². The zero-order valence-corrected chi connectivity index (χ0v) is 13.8. The molecule has 4 N–H and O–H groups in total. The van der Waals surface area contributed by atoms with Crippen LogP contribution in [0.3, 0.4) is 0 Å². The van der Waals surface area contributed by atoms with Crippen molar-refractivity contribution in [1.29, 1.82) is 0 Å². The summed E-state index contributed by atoms with van der Waals surface area (Å²) in [5.41, 5.74) is 0.0633. The number of benzene rings is 1. The first kappa shape index (κ1) is 16.4. The van der Waals surface area contributed by atoms with E-state index in [-0.39, 0.29) is 18.0 Å². The molecule has 3 unspecified atom stereocenters. The van der Waals surface area contributed by atoms with Gasteiger partial charge in [-0.05, 0) is 50.9 Å². The van der Waals surface area contributed by atoms with Gasteiger partial charge < -0.3 is 16.0 Å². The van der Waals surface area contributed by atoms with Crippen LogP contribution in [-0.2, 0) is 10.3 Å². The van der Waals surface area contributed by atoms with Crippen LogP contribution in [0.5, 0.6) is 0 Å². The van der Waals surface area contributed by atoms with Gasteiger partial charge >= 0.3 is 6.03 Å². The Balaban J connectivity index is 1.71. The highest BCUT2D eigenvalue weighted by Gasteiger charge is 2.43. The van der Waals surface area contributed by atoms with E-state index < -0.39 is 17.5 Å². The minimum absolute atomic E-state index is 0.114.